The number of unbranched alkanes of at least 4 members (excludes halogenated alkanes) is 56. The van der Waals surface area contributed by atoms with Crippen LogP contribution in [0.5, 0.6) is 0 Å². The molecule has 6 heteroatoms. The van der Waals surface area contributed by atoms with E-state index in [1.807, 2.05) is 6.08 Å². The maximum atomic E-state index is 12.5. The molecule has 0 fully saturated rings. The van der Waals surface area contributed by atoms with Crippen LogP contribution in [-0.4, -0.2) is 47.4 Å². The Balaban J connectivity index is 3.30. The summed E-state index contributed by atoms with van der Waals surface area (Å²) in [6.07, 6.45) is 88.6. The maximum Gasteiger partial charge on any atom is 0.305 e. The Bertz CT molecular complexity index is 1250. The van der Waals surface area contributed by atoms with E-state index in [1.165, 1.54) is 340 Å². The molecule has 2 atom stereocenters. The molecule has 6 nitrogen and oxygen atoms in total. The van der Waals surface area contributed by atoms with Gasteiger partial charge < -0.3 is 20.3 Å². The van der Waals surface area contributed by atoms with Crippen LogP contribution >= 0.6 is 0 Å². The first-order valence-electron chi connectivity index (χ1n) is 36.6. The van der Waals surface area contributed by atoms with Crippen LogP contribution in [0.25, 0.3) is 0 Å². The number of aliphatic hydroxyl groups excluding tert-OH is 2. The van der Waals surface area contributed by atoms with Crippen LogP contribution < -0.4 is 5.32 Å². The summed E-state index contributed by atoms with van der Waals surface area (Å²) in [6.45, 7) is 4.91. The third-order valence-corrected chi connectivity index (χ3v) is 17.2. The van der Waals surface area contributed by atoms with Crippen molar-refractivity contribution in [3.05, 3.63) is 24.3 Å². The van der Waals surface area contributed by atoms with Crippen molar-refractivity contribution in [3.63, 3.8) is 0 Å². The summed E-state index contributed by atoms with van der Waals surface area (Å²) in [5.74, 6) is -0.0461. The number of allylic oxidation sites excluding steroid dienone is 3. The smallest absolute Gasteiger partial charge is 0.305 e. The number of amides is 1. The Kier molecular flexibility index (Phi) is 68.4. The van der Waals surface area contributed by atoms with Gasteiger partial charge in [0.05, 0.1) is 25.4 Å². The lowest BCUT2D eigenvalue weighted by Crippen LogP contribution is -2.45. The molecule has 0 heterocycles. The molecule has 474 valence electrons. The highest BCUT2D eigenvalue weighted by Crippen LogP contribution is 2.19. The van der Waals surface area contributed by atoms with Gasteiger partial charge in [-0.1, -0.05) is 366 Å². The second-order valence-corrected chi connectivity index (χ2v) is 25.3. The van der Waals surface area contributed by atoms with Gasteiger partial charge in [0.25, 0.3) is 0 Å². The van der Waals surface area contributed by atoms with Crippen molar-refractivity contribution in [1.29, 1.82) is 0 Å². The van der Waals surface area contributed by atoms with Gasteiger partial charge in [0, 0.05) is 12.8 Å². The number of hydrogen-bond acceptors (Lipinski definition) is 5. The lowest BCUT2D eigenvalue weighted by molar-refractivity contribution is -0.143. The summed E-state index contributed by atoms with van der Waals surface area (Å²) in [5, 5.41) is 23.1. The van der Waals surface area contributed by atoms with Crippen molar-refractivity contribution in [2.24, 2.45) is 0 Å². The Hall–Kier alpha value is -1.66. The molecule has 0 rings (SSSR count). The monoisotopic (exact) mass is 1130 g/mol. The third kappa shape index (κ3) is 65.5. The molecule has 0 aromatic rings. The molecule has 0 aliphatic heterocycles. The summed E-state index contributed by atoms with van der Waals surface area (Å²) in [4.78, 5) is 24.5. The van der Waals surface area contributed by atoms with Crippen molar-refractivity contribution in [3.8, 4) is 0 Å². The van der Waals surface area contributed by atoms with Gasteiger partial charge in [-0.15, -0.1) is 0 Å². The summed E-state index contributed by atoms with van der Waals surface area (Å²) < 4.78 is 5.49. The molecule has 0 saturated carbocycles. The Morgan fingerprint density at radius 1 is 0.338 bits per heavy atom. The van der Waals surface area contributed by atoms with Crippen molar-refractivity contribution in [1.82, 2.24) is 5.32 Å². The van der Waals surface area contributed by atoms with E-state index in [9.17, 15) is 19.8 Å². The number of carbonyl (C=O) groups excluding carboxylic acids is 2. The summed E-state index contributed by atoms with van der Waals surface area (Å²) >= 11 is 0. The van der Waals surface area contributed by atoms with Crippen LogP contribution in [0, 0.1) is 0 Å². The quantitative estimate of drug-likeness (QED) is 0.0320. The van der Waals surface area contributed by atoms with E-state index in [4.69, 9.17) is 4.74 Å². The Morgan fingerprint density at radius 3 is 0.900 bits per heavy atom. The second kappa shape index (κ2) is 69.8. The average Bonchev–Trinajstić information content (AvgIpc) is 3.46. The number of carbonyl (C=O) groups is 2. The summed E-state index contributed by atoms with van der Waals surface area (Å²) in [6, 6.07) is -0.622. The first-order valence-corrected chi connectivity index (χ1v) is 36.6. The van der Waals surface area contributed by atoms with Crippen molar-refractivity contribution in [2.75, 3.05) is 13.2 Å². The average molecular weight is 1130 g/mol. The fraction of sp³-hybridized carbons (Fsp3) is 0.919. The molecule has 2 unspecified atom stereocenters. The SMILES string of the molecule is CCCCCC/C=C\CCCCCCCC(=O)OCCCCCCCCCCCCCCCCCCCCCCCCCCCCCCCCCCCCCCCC(=O)NC(CO)C(O)/C=C/CCCCCCCCCCCCC. The predicted octanol–water partition coefficient (Wildman–Crippen LogP) is 23.7. The zero-order valence-electron chi connectivity index (χ0n) is 54.3. The first kappa shape index (κ1) is 78.3. The molecule has 0 radical (unpaired) electrons. The maximum absolute atomic E-state index is 12.5. The minimum absolute atomic E-state index is 0.0144. The Labute approximate surface area is 501 Å². The van der Waals surface area contributed by atoms with Crippen molar-refractivity contribution < 1.29 is 24.5 Å². The zero-order valence-corrected chi connectivity index (χ0v) is 54.3. The van der Waals surface area contributed by atoms with Gasteiger partial charge in [0.15, 0.2) is 0 Å². The van der Waals surface area contributed by atoms with Crippen LogP contribution in [0.1, 0.15) is 412 Å². The van der Waals surface area contributed by atoms with E-state index < -0.39 is 12.1 Å². The van der Waals surface area contributed by atoms with Gasteiger partial charge in [-0.3, -0.25) is 9.59 Å². The lowest BCUT2D eigenvalue weighted by Gasteiger charge is -2.20. The van der Waals surface area contributed by atoms with Gasteiger partial charge in [0.2, 0.25) is 5.91 Å². The fourth-order valence-electron chi connectivity index (χ4n) is 11.6. The molecule has 0 aromatic heterocycles. The third-order valence-electron chi connectivity index (χ3n) is 17.2. The Morgan fingerprint density at radius 2 is 0.588 bits per heavy atom. The minimum atomic E-state index is -0.839. The molecule has 1 amide bonds. The van der Waals surface area contributed by atoms with E-state index >= 15 is 0 Å². The largest absolute Gasteiger partial charge is 0.466 e. The second-order valence-electron chi connectivity index (χ2n) is 25.3. The lowest BCUT2D eigenvalue weighted by atomic mass is 10.0. The highest BCUT2D eigenvalue weighted by Gasteiger charge is 2.18. The van der Waals surface area contributed by atoms with Crippen molar-refractivity contribution in [2.45, 2.75) is 424 Å². The van der Waals surface area contributed by atoms with E-state index in [0.29, 0.717) is 19.4 Å². The first-order chi connectivity index (χ1) is 39.5. The van der Waals surface area contributed by atoms with Crippen LogP contribution in [0.2, 0.25) is 0 Å². The highest BCUT2D eigenvalue weighted by atomic mass is 16.5. The van der Waals surface area contributed by atoms with Crippen LogP contribution in [0.3, 0.4) is 0 Å². The predicted molar refractivity (Wildman–Crippen MR) is 352 cm³/mol. The van der Waals surface area contributed by atoms with Gasteiger partial charge in [0.1, 0.15) is 0 Å². The molecule has 0 aliphatic rings. The molecule has 0 aliphatic carbocycles. The highest BCUT2D eigenvalue weighted by molar-refractivity contribution is 5.76. The van der Waals surface area contributed by atoms with E-state index in [1.54, 1.807) is 6.08 Å². The molecule has 0 saturated heterocycles. The number of nitrogens with one attached hydrogen (secondary N) is 1. The molecule has 0 aromatic carbocycles. The molecule has 0 spiro atoms. The van der Waals surface area contributed by atoms with Gasteiger partial charge >= 0.3 is 5.97 Å². The standard InChI is InChI=1S/C74H143NO5/c1-3-5-7-9-11-13-15-42-46-50-54-58-62-66-72(77)71(70-76)75-73(78)67-63-59-55-51-47-44-40-38-36-34-32-30-28-26-24-22-20-18-17-19-21-23-25-27-29-31-33-35-37-39-41-45-49-53-57-61-65-69-80-74(79)68-64-60-56-52-48-43-16-14-12-10-8-6-4-2/h14,16,62,66,71-72,76-77H,3-13,15,17-61,63-65,67-70H2,1-2H3,(H,75,78)/b16-14-,66-62+. The van der Waals surface area contributed by atoms with Gasteiger partial charge in [-0.05, 0) is 57.8 Å². The molecular weight excluding hydrogens is 983 g/mol. The summed E-state index contributed by atoms with van der Waals surface area (Å²) in [7, 11) is 0. The van der Waals surface area contributed by atoms with Gasteiger partial charge in [-0.2, -0.15) is 0 Å². The fourth-order valence-corrected chi connectivity index (χ4v) is 11.6. The zero-order chi connectivity index (χ0) is 57.8. The van der Waals surface area contributed by atoms with Crippen molar-refractivity contribution >= 4 is 11.9 Å². The van der Waals surface area contributed by atoms with Crippen LogP contribution in [0.4, 0.5) is 0 Å². The number of hydrogen-bond donors (Lipinski definition) is 3. The molecular formula is C74H143NO5. The minimum Gasteiger partial charge on any atom is -0.466 e. The number of ether oxygens (including phenoxy) is 1. The number of rotatable bonds is 69. The number of esters is 1. The summed E-state index contributed by atoms with van der Waals surface area (Å²) in [5.41, 5.74) is 0. The number of aliphatic hydroxyl groups is 2. The van der Waals surface area contributed by atoms with Crippen LogP contribution in [0.15, 0.2) is 24.3 Å². The normalized spacial score (nSPS) is 12.6. The van der Waals surface area contributed by atoms with Crippen LogP contribution in [-0.2, 0) is 14.3 Å². The van der Waals surface area contributed by atoms with E-state index in [-0.39, 0.29) is 18.5 Å². The molecule has 0 bridgehead atoms. The van der Waals surface area contributed by atoms with Gasteiger partial charge in [-0.25, -0.2) is 0 Å². The van der Waals surface area contributed by atoms with E-state index in [0.717, 1.165) is 44.9 Å². The molecule has 3 N–H and O–H groups in total. The topological polar surface area (TPSA) is 95.9 Å². The van der Waals surface area contributed by atoms with E-state index in [2.05, 4.69) is 31.3 Å². The molecule has 80 heavy (non-hydrogen) atoms.